The third kappa shape index (κ3) is 7.53. The van der Waals surface area contributed by atoms with Crippen molar-refractivity contribution in [2.45, 2.75) is 95.2 Å². The van der Waals surface area contributed by atoms with E-state index in [2.05, 4.69) is 43.3 Å². The molecule has 0 aliphatic heterocycles. The van der Waals surface area contributed by atoms with Crippen molar-refractivity contribution in [2.24, 2.45) is 0 Å². The van der Waals surface area contributed by atoms with E-state index in [4.69, 9.17) is 4.74 Å². The minimum absolute atomic E-state index is 0.0316. The van der Waals surface area contributed by atoms with Crippen LogP contribution in [0.15, 0.2) is 64.8 Å². The maximum absolute atomic E-state index is 13.6. The molecular formula is C42H48N6O6S2. The lowest BCUT2D eigenvalue weighted by Crippen LogP contribution is -2.42. The van der Waals surface area contributed by atoms with E-state index in [1.165, 1.54) is 51.5 Å². The van der Waals surface area contributed by atoms with Gasteiger partial charge in [-0.1, -0.05) is 17.3 Å². The maximum atomic E-state index is 13.6. The van der Waals surface area contributed by atoms with Gasteiger partial charge < -0.3 is 35.3 Å². The van der Waals surface area contributed by atoms with E-state index < -0.39 is 17.7 Å². The maximum Gasteiger partial charge on any atom is 0.349 e. The lowest BCUT2D eigenvalue weighted by molar-refractivity contribution is -0.169. The number of aliphatic hydroxyl groups excluding tert-OH is 1. The Balaban J connectivity index is 0.843. The normalized spacial score (nSPS) is 18.7. The highest BCUT2D eigenvalue weighted by Crippen LogP contribution is 2.39. The molecule has 0 saturated heterocycles. The van der Waals surface area contributed by atoms with Gasteiger partial charge in [0.1, 0.15) is 17.4 Å². The first-order chi connectivity index (χ1) is 27.1. The van der Waals surface area contributed by atoms with Crippen molar-refractivity contribution in [1.29, 1.82) is 0 Å². The molecule has 12 nitrogen and oxygen atoms in total. The van der Waals surface area contributed by atoms with Crippen molar-refractivity contribution in [3.63, 3.8) is 0 Å². The molecule has 0 bridgehead atoms. The molecule has 5 N–H and O–H groups in total. The number of hydrogen-bond donors (Lipinski definition) is 5. The third-order valence-corrected chi connectivity index (χ3v) is 13.7. The van der Waals surface area contributed by atoms with Gasteiger partial charge in [-0.05, 0) is 136 Å². The van der Waals surface area contributed by atoms with Gasteiger partial charge in [-0.2, -0.15) is 0 Å². The molecule has 2 aliphatic carbocycles. The van der Waals surface area contributed by atoms with Crippen LogP contribution in [0, 0.1) is 6.92 Å². The smallest absolute Gasteiger partial charge is 0.349 e. The Morgan fingerprint density at radius 3 is 2.70 bits per heavy atom. The SMILES string of the molecule is Cc1ccc(C(O)(C(=O)O[C@H]2CC[C@H](N(C)CCCn3nnc4cc(CNC[C@H](O)c5ccc(O)c6[nH]c(=O)ccc56)c5c(c43)CCC5)CC2)c2cccs2)s1. The lowest BCUT2D eigenvalue weighted by atomic mass is 9.91. The van der Waals surface area contributed by atoms with Crippen molar-refractivity contribution in [2.75, 3.05) is 20.1 Å². The van der Waals surface area contributed by atoms with E-state index in [0.29, 0.717) is 45.4 Å². The summed E-state index contributed by atoms with van der Waals surface area (Å²) in [5.41, 5.74) is 4.69. The number of aromatic hydroxyl groups is 1. The molecule has 0 radical (unpaired) electrons. The second kappa shape index (κ2) is 16.2. The first-order valence-electron chi connectivity index (χ1n) is 19.4. The quantitative estimate of drug-likeness (QED) is 0.0847. The van der Waals surface area contributed by atoms with Gasteiger partial charge in [0.15, 0.2) is 0 Å². The standard InChI is InChI=1S/C42H48N6O6S2/c1-25-9-17-37(56-25)42(53,36-8-4-21-55-36)41(52)54-28-12-10-27(11-13-28)47(2)19-5-20-48-40-32-7-3-6-29(32)26(22-33(40)45-46-48)23-43-24-35(50)30-14-16-34(49)39-31(30)15-18-38(51)44-39/h4,8-9,14-18,21-22,27-28,35,43,49-50,53H,3,5-7,10-13,19-20,23-24H2,1-2H3,(H,44,51)/t27-,28-,35-,42?/m0/s1. The monoisotopic (exact) mass is 796 g/mol. The Bertz CT molecular complexity index is 2400. The number of ether oxygens (including phenoxy) is 1. The van der Waals surface area contributed by atoms with E-state index in [0.717, 1.165) is 80.4 Å². The first-order valence-corrected chi connectivity index (χ1v) is 21.1. The van der Waals surface area contributed by atoms with Gasteiger partial charge in [0.2, 0.25) is 11.2 Å². The fourth-order valence-corrected chi connectivity index (χ4v) is 10.4. The number of benzene rings is 2. The Morgan fingerprint density at radius 1 is 1.11 bits per heavy atom. The van der Waals surface area contributed by atoms with Crippen LogP contribution in [0.25, 0.3) is 21.9 Å². The number of aromatic amines is 1. The fourth-order valence-electron chi connectivity index (χ4n) is 8.59. The van der Waals surface area contributed by atoms with Gasteiger partial charge >= 0.3 is 5.97 Å². The topological polar surface area (TPSA) is 166 Å². The molecule has 4 heterocycles. The molecule has 56 heavy (non-hydrogen) atoms. The number of aryl methyl sites for hydroxylation is 3. The van der Waals surface area contributed by atoms with Crippen molar-refractivity contribution in [3.05, 3.63) is 107 Å². The number of carbonyl (C=O) groups excluding carboxylic acids is 1. The van der Waals surface area contributed by atoms with E-state index in [9.17, 15) is 24.9 Å². The molecule has 1 saturated carbocycles. The number of nitrogens with one attached hydrogen (secondary N) is 2. The van der Waals surface area contributed by atoms with Gasteiger partial charge in [-0.3, -0.25) is 4.79 Å². The molecule has 2 aromatic carbocycles. The van der Waals surface area contributed by atoms with Crippen LogP contribution in [0.2, 0.25) is 0 Å². The summed E-state index contributed by atoms with van der Waals surface area (Å²) in [6.45, 7) is 4.51. The summed E-state index contributed by atoms with van der Waals surface area (Å²) in [7, 11) is 2.17. The number of pyridine rings is 1. The molecule has 2 atom stereocenters. The molecule has 1 unspecified atom stereocenters. The average molecular weight is 797 g/mol. The zero-order chi connectivity index (χ0) is 39.0. The molecule has 8 rings (SSSR count). The minimum Gasteiger partial charge on any atom is -0.506 e. The van der Waals surface area contributed by atoms with E-state index >= 15 is 0 Å². The van der Waals surface area contributed by atoms with Gasteiger partial charge in [0, 0.05) is 42.0 Å². The van der Waals surface area contributed by atoms with Crippen LogP contribution >= 0.6 is 22.7 Å². The second-order valence-electron chi connectivity index (χ2n) is 15.2. The number of fused-ring (bicyclic) bond motifs is 4. The van der Waals surface area contributed by atoms with Crippen molar-refractivity contribution >= 4 is 50.6 Å². The summed E-state index contributed by atoms with van der Waals surface area (Å²) in [4.78, 5) is 32.6. The second-order valence-corrected chi connectivity index (χ2v) is 17.5. The largest absolute Gasteiger partial charge is 0.506 e. The summed E-state index contributed by atoms with van der Waals surface area (Å²) in [6.07, 6.45) is 6.29. The number of carbonyl (C=O) groups is 1. The number of thiophene rings is 2. The van der Waals surface area contributed by atoms with Crippen LogP contribution in [0.5, 0.6) is 5.75 Å². The van der Waals surface area contributed by atoms with E-state index in [1.807, 2.05) is 30.5 Å². The van der Waals surface area contributed by atoms with Crippen LogP contribution in [0.4, 0.5) is 0 Å². The van der Waals surface area contributed by atoms with Crippen LogP contribution in [0.3, 0.4) is 0 Å². The third-order valence-electron chi connectivity index (χ3n) is 11.6. The highest BCUT2D eigenvalue weighted by Gasteiger charge is 2.45. The average Bonchev–Trinajstić information content (AvgIpc) is 4.03. The molecule has 0 spiro atoms. The number of hydrogen-bond acceptors (Lipinski definition) is 12. The first kappa shape index (κ1) is 38.4. The summed E-state index contributed by atoms with van der Waals surface area (Å²) in [5, 5.41) is 48.1. The zero-order valence-corrected chi connectivity index (χ0v) is 33.3. The molecule has 2 aliphatic rings. The number of aromatic nitrogens is 4. The zero-order valence-electron chi connectivity index (χ0n) is 31.7. The minimum atomic E-state index is -1.79. The number of esters is 1. The van der Waals surface area contributed by atoms with E-state index in [-0.39, 0.29) is 17.4 Å². The summed E-state index contributed by atoms with van der Waals surface area (Å²) in [6, 6.07) is 16.1. The van der Waals surface area contributed by atoms with Gasteiger partial charge in [-0.15, -0.1) is 27.8 Å². The predicted molar refractivity (Wildman–Crippen MR) is 218 cm³/mol. The summed E-state index contributed by atoms with van der Waals surface area (Å²) in [5.74, 6) is -0.622. The number of phenolic OH excluding ortho intramolecular Hbond substituents is 1. The van der Waals surface area contributed by atoms with Crippen molar-refractivity contribution in [3.8, 4) is 5.75 Å². The molecule has 14 heteroatoms. The lowest BCUT2D eigenvalue weighted by Gasteiger charge is -2.35. The highest BCUT2D eigenvalue weighted by atomic mass is 32.1. The molecular weight excluding hydrogens is 749 g/mol. The van der Waals surface area contributed by atoms with Crippen molar-refractivity contribution < 1.29 is 24.9 Å². The van der Waals surface area contributed by atoms with Gasteiger partial charge in [0.05, 0.1) is 26.9 Å². The number of nitrogens with zero attached hydrogens (tertiary/aromatic N) is 4. The number of rotatable bonds is 14. The van der Waals surface area contributed by atoms with Crippen LogP contribution in [-0.4, -0.2) is 78.4 Å². The highest BCUT2D eigenvalue weighted by molar-refractivity contribution is 7.13. The predicted octanol–water partition coefficient (Wildman–Crippen LogP) is 5.83. The Hall–Kier alpha value is -4.44. The molecule has 0 amide bonds. The number of H-pyrrole nitrogens is 1. The van der Waals surface area contributed by atoms with Crippen LogP contribution in [0.1, 0.15) is 81.5 Å². The number of phenols is 1. The molecule has 6 aromatic rings. The Labute approximate surface area is 332 Å². The number of aliphatic hydroxyl groups is 2. The van der Waals surface area contributed by atoms with Gasteiger partial charge in [0.25, 0.3) is 0 Å². The van der Waals surface area contributed by atoms with Crippen molar-refractivity contribution in [1.82, 2.24) is 30.2 Å². The molecule has 4 aromatic heterocycles. The van der Waals surface area contributed by atoms with Gasteiger partial charge in [-0.25, -0.2) is 9.48 Å². The van der Waals surface area contributed by atoms with E-state index in [1.54, 1.807) is 18.2 Å². The summed E-state index contributed by atoms with van der Waals surface area (Å²) >= 11 is 2.78. The molecule has 294 valence electrons. The van der Waals surface area contributed by atoms with Crippen LogP contribution in [-0.2, 0) is 41.1 Å². The fraction of sp³-hybridized carbons (Fsp3) is 0.429. The van der Waals surface area contributed by atoms with Crippen LogP contribution < -0.4 is 10.9 Å². The Morgan fingerprint density at radius 2 is 1.93 bits per heavy atom. The Kier molecular flexibility index (Phi) is 11.1. The molecule has 1 fully saturated rings. The summed E-state index contributed by atoms with van der Waals surface area (Å²) < 4.78 is 8.08.